The standard InChI is InChI=1S/C11H7N3O4/c12-4-5-1-6(10(16)3-9(5)15)7-2-8(11(17)18)14-13-7/h1-3,15-16H,(H,13,14)(H,17,18). The molecule has 0 unspecified atom stereocenters. The number of rotatable bonds is 2. The molecule has 1 aromatic heterocycles. The number of nitrogens with one attached hydrogen (secondary N) is 1. The van der Waals surface area contributed by atoms with Crippen LogP contribution >= 0.6 is 0 Å². The van der Waals surface area contributed by atoms with E-state index < -0.39 is 5.97 Å². The van der Waals surface area contributed by atoms with Crippen LogP contribution in [0.3, 0.4) is 0 Å². The number of nitrogens with zero attached hydrogens (tertiary/aromatic N) is 2. The molecule has 0 aliphatic heterocycles. The van der Waals surface area contributed by atoms with Crippen molar-refractivity contribution in [3.05, 3.63) is 29.5 Å². The van der Waals surface area contributed by atoms with Crippen LogP contribution in [0.1, 0.15) is 16.1 Å². The topological polar surface area (TPSA) is 130 Å². The highest BCUT2D eigenvalue weighted by Crippen LogP contribution is 2.33. The largest absolute Gasteiger partial charge is 0.507 e. The molecule has 90 valence electrons. The molecule has 2 rings (SSSR count). The van der Waals surface area contributed by atoms with Crippen molar-refractivity contribution in [2.75, 3.05) is 0 Å². The lowest BCUT2D eigenvalue weighted by molar-refractivity contribution is 0.0690. The molecule has 18 heavy (non-hydrogen) atoms. The number of carboxylic acid groups (broad SMARTS) is 1. The van der Waals surface area contributed by atoms with Gasteiger partial charge >= 0.3 is 5.97 Å². The van der Waals surface area contributed by atoms with Crippen molar-refractivity contribution in [1.82, 2.24) is 10.2 Å². The van der Waals surface area contributed by atoms with Crippen molar-refractivity contribution in [2.24, 2.45) is 0 Å². The minimum absolute atomic E-state index is 0.0392. The summed E-state index contributed by atoms with van der Waals surface area (Å²) >= 11 is 0. The second-order valence-corrected chi connectivity index (χ2v) is 3.47. The molecule has 0 amide bonds. The van der Waals surface area contributed by atoms with Crippen LogP contribution in [0.15, 0.2) is 18.2 Å². The molecular formula is C11H7N3O4. The van der Waals surface area contributed by atoms with Crippen molar-refractivity contribution in [3.63, 3.8) is 0 Å². The number of phenols is 2. The number of phenolic OH excluding ortho intramolecular Hbond substituents is 2. The first kappa shape index (κ1) is 11.5. The molecule has 0 spiro atoms. The number of benzene rings is 1. The van der Waals surface area contributed by atoms with Crippen LogP contribution in [0, 0.1) is 11.3 Å². The number of H-pyrrole nitrogens is 1. The van der Waals surface area contributed by atoms with Gasteiger partial charge in [0.2, 0.25) is 0 Å². The van der Waals surface area contributed by atoms with Gasteiger partial charge in [0.05, 0.1) is 11.3 Å². The third kappa shape index (κ3) is 1.82. The van der Waals surface area contributed by atoms with E-state index in [1.54, 1.807) is 6.07 Å². The van der Waals surface area contributed by atoms with Crippen LogP contribution < -0.4 is 0 Å². The molecule has 1 aromatic carbocycles. The quantitative estimate of drug-likeness (QED) is 0.625. The molecule has 7 heteroatoms. The zero-order valence-corrected chi connectivity index (χ0v) is 8.88. The maximum atomic E-state index is 10.7. The molecule has 2 aromatic rings. The highest BCUT2D eigenvalue weighted by molar-refractivity contribution is 5.87. The Balaban J connectivity index is 2.56. The van der Waals surface area contributed by atoms with Crippen molar-refractivity contribution < 1.29 is 20.1 Å². The third-order valence-corrected chi connectivity index (χ3v) is 2.32. The second kappa shape index (κ2) is 4.10. The summed E-state index contributed by atoms with van der Waals surface area (Å²) in [5.41, 5.74) is 0.146. The minimum Gasteiger partial charge on any atom is -0.507 e. The summed E-state index contributed by atoms with van der Waals surface area (Å²) in [6, 6.07) is 5.20. The summed E-state index contributed by atoms with van der Waals surface area (Å²) in [5.74, 6) is -1.84. The summed E-state index contributed by atoms with van der Waals surface area (Å²) in [5, 5.41) is 42.5. The SMILES string of the molecule is N#Cc1cc(-c2cc(C(=O)O)[nH]n2)c(O)cc1O. The normalized spacial score (nSPS) is 9.94. The van der Waals surface area contributed by atoms with Gasteiger partial charge in [0.25, 0.3) is 0 Å². The molecule has 0 radical (unpaired) electrons. The van der Waals surface area contributed by atoms with Crippen LogP contribution in [0.5, 0.6) is 11.5 Å². The van der Waals surface area contributed by atoms with E-state index >= 15 is 0 Å². The second-order valence-electron chi connectivity index (χ2n) is 3.47. The fraction of sp³-hybridized carbons (Fsp3) is 0. The summed E-state index contributed by atoms with van der Waals surface area (Å²) in [7, 11) is 0. The van der Waals surface area contributed by atoms with Gasteiger partial charge in [-0.25, -0.2) is 4.79 Å². The lowest BCUT2D eigenvalue weighted by atomic mass is 10.1. The Morgan fingerprint density at radius 1 is 1.28 bits per heavy atom. The Kier molecular flexibility index (Phi) is 2.61. The fourth-order valence-electron chi connectivity index (χ4n) is 1.44. The molecule has 4 N–H and O–H groups in total. The number of nitriles is 1. The third-order valence-electron chi connectivity index (χ3n) is 2.32. The summed E-state index contributed by atoms with van der Waals surface area (Å²) in [6.07, 6.45) is 0. The van der Waals surface area contributed by atoms with Gasteiger partial charge in [-0.05, 0) is 12.1 Å². The van der Waals surface area contributed by atoms with E-state index in [-0.39, 0.29) is 34.0 Å². The minimum atomic E-state index is -1.19. The molecular weight excluding hydrogens is 238 g/mol. The van der Waals surface area contributed by atoms with Gasteiger partial charge in [0.1, 0.15) is 23.3 Å². The maximum Gasteiger partial charge on any atom is 0.353 e. The van der Waals surface area contributed by atoms with E-state index in [1.807, 2.05) is 0 Å². The Hall–Kier alpha value is -3.01. The van der Waals surface area contributed by atoms with Crippen molar-refractivity contribution in [2.45, 2.75) is 0 Å². The van der Waals surface area contributed by atoms with E-state index in [0.717, 1.165) is 6.07 Å². The highest BCUT2D eigenvalue weighted by Gasteiger charge is 2.15. The van der Waals surface area contributed by atoms with E-state index in [9.17, 15) is 15.0 Å². The number of aromatic nitrogens is 2. The molecule has 1 heterocycles. The first-order chi connectivity index (χ1) is 8.52. The van der Waals surface area contributed by atoms with Gasteiger partial charge in [-0.15, -0.1) is 0 Å². The molecule has 7 nitrogen and oxygen atoms in total. The lowest BCUT2D eigenvalue weighted by Crippen LogP contribution is -1.95. The van der Waals surface area contributed by atoms with E-state index in [1.165, 1.54) is 12.1 Å². The van der Waals surface area contributed by atoms with Crippen molar-refractivity contribution >= 4 is 5.97 Å². The van der Waals surface area contributed by atoms with Crippen LogP contribution in [0.25, 0.3) is 11.3 Å². The predicted molar refractivity (Wildman–Crippen MR) is 59.0 cm³/mol. The number of aromatic hydroxyl groups is 2. The van der Waals surface area contributed by atoms with Crippen molar-refractivity contribution in [1.29, 1.82) is 5.26 Å². The van der Waals surface area contributed by atoms with Gasteiger partial charge < -0.3 is 15.3 Å². The zero-order valence-electron chi connectivity index (χ0n) is 8.88. The van der Waals surface area contributed by atoms with Crippen LogP contribution in [0.2, 0.25) is 0 Å². The predicted octanol–water partition coefficient (Wildman–Crippen LogP) is 1.06. The number of carboxylic acids is 1. The first-order valence-corrected chi connectivity index (χ1v) is 4.78. The summed E-state index contributed by atoms with van der Waals surface area (Å²) < 4.78 is 0. The van der Waals surface area contributed by atoms with Gasteiger partial charge in [-0.3, -0.25) is 5.10 Å². The van der Waals surface area contributed by atoms with Gasteiger partial charge in [-0.2, -0.15) is 10.4 Å². The number of carbonyl (C=O) groups is 1. The average Bonchev–Trinajstić information content (AvgIpc) is 2.78. The van der Waals surface area contributed by atoms with E-state index in [2.05, 4.69) is 10.2 Å². The van der Waals surface area contributed by atoms with E-state index in [4.69, 9.17) is 10.4 Å². The Morgan fingerprint density at radius 2 is 2.00 bits per heavy atom. The molecule has 0 fully saturated rings. The number of hydrogen-bond acceptors (Lipinski definition) is 5. The average molecular weight is 245 g/mol. The molecule has 0 saturated heterocycles. The fourth-order valence-corrected chi connectivity index (χ4v) is 1.44. The molecule has 0 aliphatic rings. The number of aromatic carboxylic acids is 1. The summed E-state index contributed by atoms with van der Waals surface area (Å²) in [4.78, 5) is 10.7. The number of hydrogen-bond donors (Lipinski definition) is 4. The highest BCUT2D eigenvalue weighted by atomic mass is 16.4. The maximum absolute atomic E-state index is 10.7. The van der Waals surface area contributed by atoms with Crippen molar-refractivity contribution in [3.8, 4) is 28.8 Å². The monoisotopic (exact) mass is 245 g/mol. The Morgan fingerprint density at radius 3 is 2.56 bits per heavy atom. The smallest absolute Gasteiger partial charge is 0.353 e. The van der Waals surface area contributed by atoms with Crippen LogP contribution in [-0.4, -0.2) is 31.5 Å². The van der Waals surface area contributed by atoms with Crippen LogP contribution in [-0.2, 0) is 0 Å². The molecule has 0 atom stereocenters. The van der Waals surface area contributed by atoms with Gasteiger partial charge in [0, 0.05) is 11.6 Å². The zero-order chi connectivity index (χ0) is 13.3. The number of aromatic amines is 1. The van der Waals surface area contributed by atoms with Gasteiger partial charge in [-0.1, -0.05) is 0 Å². The Bertz CT molecular complexity index is 669. The summed E-state index contributed by atoms with van der Waals surface area (Å²) in [6.45, 7) is 0. The molecule has 0 bridgehead atoms. The first-order valence-electron chi connectivity index (χ1n) is 4.78. The van der Waals surface area contributed by atoms with Gasteiger partial charge in [0.15, 0.2) is 0 Å². The van der Waals surface area contributed by atoms with Crippen LogP contribution in [0.4, 0.5) is 0 Å². The van der Waals surface area contributed by atoms with E-state index in [0.29, 0.717) is 0 Å². The molecule has 0 aliphatic carbocycles. The Labute approximate surface area is 101 Å². The molecule has 0 saturated carbocycles. The lowest BCUT2D eigenvalue weighted by Gasteiger charge is -2.03.